The molecule has 0 atom stereocenters. The van der Waals surface area contributed by atoms with Crippen LogP contribution in [0.2, 0.25) is 0 Å². The number of nitrogens with zero attached hydrogens (tertiary/aromatic N) is 3. The van der Waals surface area contributed by atoms with Gasteiger partial charge in [-0.3, -0.25) is 9.78 Å². The maximum Gasteiger partial charge on any atom is 0.255 e. The van der Waals surface area contributed by atoms with Gasteiger partial charge in [0.2, 0.25) is 0 Å². The summed E-state index contributed by atoms with van der Waals surface area (Å²) in [6.45, 7) is 4.35. The summed E-state index contributed by atoms with van der Waals surface area (Å²) in [5.41, 5.74) is 2.67. The fraction of sp³-hybridized carbons (Fsp3) is 0.368. The molecule has 0 N–H and O–H groups in total. The Morgan fingerprint density at radius 3 is 2.84 bits per heavy atom. The minimum atomic E-state index is 0.0137. The standard InChI is InChI=1S/C19H21N3O3/c23-19(22-5-1-3-15(14-22)18-4-2-8-25-18)16-11-17(13-20-12-16)21-6-9-24-10-7-21/h2-4,8,11-13H,1,5-7,9-10,14H2. The highest BCUT2D eigenvalue weighted by Gasteiger charge is 2.22. The lowest BCUT2D eigenvalue weighted by atomic mass is 10.1. The number of hydrogen-bond donors (Lipinski definition) is 0. The van der Waals surface area contributed by atoms with E-state index in [0.717, 1.165) is 36.5 Å². The van der Waals surface area contributed by atoms with Crippen LogP contribution in [0.3, 0.4) is 0 Å². The molecule has 0 unspecified atom stereocenters. The van der Waals surface area contributed by atoms with E-state index in [1.165, 1.54) is 0 Å². The lowest BCUT2D eigenvalue weighted by Crippen LogP contribution is -2.37. The van der Waals surface area contributed by atoms with Crippen molar-refractivity contribution in [2.24, 2.45) is 0 Å². The van der Waals surface area contributed by atoms with Gasteiger partial charge in [-0.25, -0.2) is 0 Å². The van der Waals surface area contributed by atoms with Crippen LogP contribution >= 0.6 is 0 Å². The maximum absolute atomic E-state index is 12.9. The molecule has 4 rings (SSSR count). The highest BCUT2D eigenvalue weighted by Crippen LogP contribution is 2.23. The van der Waals surface area contributed by atoms with Crippen LogP contribution in [0, 0.1) is 0 Å². The van der Waals surface area contributed by atoms with Crippen LogP contribution in [-0.4, -0.2) is 55.2 Å². The molecule has 2 aromatic heterocycles. The average Bonchev–Trinajstić information content (AvgIpc) is 3.23. The van der Waals surface area contributed by atoms with Gasteiger partial charge in [0.05, 0.1) is 36.9 Å². The van der Waals surface area contributed by atoms with Crippen LogP contribution in [-0.2, 0) is 4.74 Å². The predicted octanol–water partition coefficient (Wildman–Crippen LogP) is 2.44. The van der Waals surface area contributed by atoms with Crippen LogP contribution in [0.4, 0.5) is 5.69 Å². The van der Waals surface area contributed by atoms with Crippen LogP contribution in [0.25, 0.3) is 5.57 Å². The van der Waals surface area contributed by atoms with Gasteiger partial charge in [-0.05, 0) is 24.6 Å². The molecule has 130 valence electrons. The van der Waals surface area contributed by atoms with Crippen molar-refractivity contribution in [1.82, 2.24) is 9.88 Å². The Hall–Kier alpha value is -2.60. The molecule has 2 aliphatic rings. The minimum Gasteiger partial charge on any atom is -0.465 e. The third-order valence-electron chi connectivity index (χ3n) is 4.62. The van der Waals surface area contributed by atoms with E-state index < -0.39 is 0 Å². The van der Waals surface area contributed by atoms with Gasteiger partial charge >= 0.3 is 0 Å². The van der Waals surface area contributed by atoms with Gasteiger partial charge in [-0.1, -0.05) is 6.08 Å². The van der Waals surface area contributed by atoms with Gasteiger partial charge in [0.15, 0.2) is 0 Å². The Balaban J connectivity index is 1.50. The van der Waals surface area contributed by atoms with Crippen LogP contribution in [0.15, 0.2) is 47.3 Å². The zero-order valence-electron chi connectivity index (χ0n) is 14.1. The van der Waals surface area contributed by atoms with Crippen molar-refractivity contribution < 1.29 is 13.9 Å². The van der Waals surface area contributed by atoms with E-state index in [1.807, 2.05) is 29.3 Å². The van der Waals surface area contributed by atoms with E-state index in [0.29, 0.717) is 31.9 Å². The molecule has 0 radical (unpaired) electrons. The van der Waals surface area contributed by atoms with Crippen molar-refractivity contribution in [3.63, 3.8) is 0 Å². The first-order valence-electron chi connectivity index (χ1n) is 8.61. The maximum atomic E-state index is 12.9. The Morgan fingerprint density at radius 2 is 2.04 bits per heavy atom. The number of rotatable bonds is 3. The van der Waals surface area contributed by atoms with Gasteiger partial charge in [0, 0.05) is 37.9 Å². The monoisotopic (exact) mass is 339 g/mol. The van der Waals surface area contributed by atoms with Crippen LogP contribution in [0.1, 0.15) is 22.5 Å². The van der Waals surface area contributed by atoms with E-state index in [1.54, 1.807) is 12.5 Å². The van der Waals surface area contributed by atoms with Crippen molar-refractivity contribution in [3.8, 4) is 0 Å². The number of pyridine rings is 1. The summed E-state index contributed by atoms with van der Waals surface area (Å²) in [4.78, 5) is 21.3. The molecule has 0 bridgehead atoms. The van der Waals surface area contributed by atoms with E-state index in [4.69, 9.17) is 9.15 Å². The number of amides is 1. The zero-order chi connectivity index (χ0) is 17.1. The molecule has 6 nitrogen and oxygen atoms in total. The largest absolute Gasteiger partial charge is 0.465 e. The molecule has 1 fully saturated rings. The van der Waals surface area contributed by atoms with E-state index >= 15 is 0 Å². The number of morpholine rings is 1. The van der Waals surface area contributed by atoms with Crippen molar-refractivity contribution in [1.29, 1.82) is 0 Å². The number of anilines is 1. The summed E-state index contributed by atoms with van der Waals surface area (Å²) in [6.07, 6.45) is 8.10. The Bertz CT molecular complexity index is 764. The van der Waals surface area contributed by atoms with Gasteiger partial charge in [0.25, 0.3) is 5.91 Å². The number of furan rings is 1. The molecule has 0 spiro atoms. The first-order chi connectivity index (χ1) is 12.3. The summed E-state index contributed by atoms with van der Waals surface area (Å²) < 4.78 is 10.9. The molecule has 1 amide bonds. The second-order valence-electron chi connectivity index (χ2n) is 6.25. The van der Waals surface area contributed by atoms with Crippen molar-refractivity contribution in [3.05, 3.63) is 54.3 Å². The number of ether oxygens (including phenoxy) is 1. The van der Waals surface area contributed by atoms with Crippen LogP contribution < -0.4 is 4.90 Å². The summed E-state index contributed by atoms with van der Waals surface area (Å²) in [5.74, 6) is 0.845. The number of aromatic nitrogens is 1. The Kier molecular flexibility index (Phi) is 4.52. The van der Waals surface area contributed by atoms with E-state index in [9.17, 15) is 4.79 Å². The molecule has 0 saturated carbocycles. The lowest BCUT2D eigenvalue weighted by Gasteiger charge is -2.29. The van der Waals surface area contributed by atoms with Gasteiger partial charge in [-0.2, -0.15) is 0 Å². The molecule has 2 aromatic rings. The highest BCUT2D eigenvalue weighted by molar-refractivity contribution is 5.95. The molecule has 0 aromatic carbocycles. The molecule has 2 aliphatic heterocycles. The minimum absolute atomic E-state index is 0.0137. The number of carbonyl (C=O) groups excluding carboxylic acids is 1. The highest BCUT2D eigenvalue weighted by atomic mass is 16.5. The van der Waals surface area contributed by atoms with Gasteiger partial charge in [-0.15, -0.1) is 0 Å². The molecule has 6 heteroatoms. The Morgan fingerprint density at radius 1 is 1.16 bits per heavy atom. The molecular weight excluding hydrogens is 318 g/mol. The summed E-state index contributed by atoms with van der Waals surface area (Å²) >= 11 is 0. The molecule has 4 heterocycles. The quantitative estimate of drug-likeness (QED) is 0.860. The summed E-state index contributed by atoms with van der Waals surface area (Å²) in [7, 11) is 0. The summed E-state index contributed by atoms with van der Waals surface area (Å²) in [6, 6.07) is 5.73. The molecule has 1 saturated heterocycles. The normalized spacial score (nSPS) is 18.2. The van der Waals surface area contributed by atoms with Crippen molar-refractivity contribution >= 4 is 17.2 Å². The molecule has 25 heavy (non-hydrogen) atoms. The van der Waals surface area contributed by atoms with Gasteiger partial charge < -0.3 is 19.0 Å². The number of hydrogen-bond acceptors (Lipinski definition) is 5. The van der Waals surface area contributed by atoms with Gasteiger partial charge in [0.1, 0.15) is 5.76 Å². The second-order valence-corrected chi connectivity index (χ2v) is 6.25. The lowest BCUT2D eigenvalue weighted by molar-refractivity contribution is 0.0774. The SMILES string of the molecule is O=C(c1cncc(N2CCOCC2)c1)N1CCC=C(c2ccco2)C1. The third-order valence-corrected chi connectivity index (χ3v) is 4.62. The topological polar surface area (TPSA) is 58.8 Å². The predicted molar refractivity (Wildman–Crippen MR) is 94.5 cm³/mol. The molecule has 0 aliphatic carbocycles. The smallest absolute Gasteiger partial charge is 0.255 e. The number of carbonyl (C=O) groups is 1. The van der Waals surface area contributed by atoms with Crippen molar-refractivity contribution in [2.45, 2.75) is 6.42 Å². The Labute approximate surface area is 146 Å². The second kappa shape index (κ2) is 7.11. The van der Waals surface area contributed by atoms with E-state index in [-0.39, 0.29) is 5.91 Å². The fourth-order valence-corrected chi connectivity index (χ4v) is 3.28. The molecular formula is C19H21N3O3. The summed E-state index contributed by atoms with van der Waals surface area (Å²) in [5, 5.41) is 0. The third kappa shape index (κ3) is 3.44. The van der Waals surface area contributed by atoms with Crippen LogP contribution in [0.5, 0.6) is 0 Å². The average molecular weight is 339 g/mol. The fourth-order valence-electron chi connectivity index (χ4n) is 3.28. The first kappa shape index (κ1) is 15.9. The zero-order valence-corrected chi connectivity index (χ0v) is 14.1. The van der Waals surface area contributed by atoms with Crippen molar-refractivity contribution in [2.75, 3.05) is 44.3 Å². The first-order valence-corrected chi connectivity index (χ1v) is 8.61. The van der Waals surface area contributed by atoms with E-state index in [2.05, 4.69) is 16.0 Å².